The Bertz CT molecular complexity index is 445. The van der Waals surface area contributed by atoms with Gasteiger partial charge in [0.2, 0.25) is 0 Å². The van der Waals surface area contributed by atoms with Gasteiger partial charge in [0.1, 0.15) is 15.6 Å². The van der Waals surface area contributed by atoms with Crippen molar-refractivity contribution in [2.24, 2.45) is 0 Å². The van der Waals surface area contributed by atoms with Gasteiger partial charge >= 0.3 is 0 Å². The first-order valence-corrected chi connectivity index (χ1v) is 8.66. The average molecular weight is 285 g/mol. The normalized spacial score (nSPS) is 13.2. The fourth-order valence-electron chi connectivity index (χ4n) is 1.83. The van der Waals surface area contributed by atoms with Crippen molar-refractivity contribution in [3.63, 3.8) is 0 Å². The summed E-state index contributed by atoms with van der Waals surface area (Å²) in [6.45, 7) is 3.44. The van der Waals surface area contributed by atoms with Crippen LogP contribution in [0, 0.1) is 0 Å². The lowest BCUT2D eigenvalue weighted by atomic mass is 10.1. The first-order valence-electron chi connectivity index (χ1n) is 6.60. The van der Waals surface area contributed by atoms with Crippen LogP contribution in [0.3, 0.4) is 0 Å². The van der Waals surface area contributed by atoms with E-state index in [1.54, 1.807) is 0 Å². The fourth-order valence-corrected chi connectivity index (χ4v) is 2.54. The zero-order valence-corrected chi connectivity index (χ0v) is 12.4. The van der Waals surface area contributed by atoms with Crippen molar-refractivity contribution in [2.75, 3.05) is 25.2 Å². The maximum atomic E-state index is 11.2. The molecule has 0 spiro atoms. The molecule has 108 valence electrons. The molecule has 0 aromatic heterocycles. The molecule has 4 nitrogen and oxygen atoms in total. The molecule has 1 unspecified atom stereocenters. The summed E-state index contributed by atoms with van der Waals surface area (Å²) in [5.74, 6) is 1.07. The van der Waals surface area contributed by atoms with Crippen LogP contribution in [-0.4, -0.2) is 39.6 Å². The lowest BCUT2D eigenvalue weighted by Gasteiger charge is -2.17. The highest BCUT2D eigenvalue weighted by Gasteiger charge is 2.11. The van der Waals surface area contributed by atoms with Gasteiger partial charge in [-0.1, -0.05) is 25.1 Å². The fraction of sp³-hybridized carbons (Fsp3) is 0.571. The first kappa shape index (κ1) is 16.0. The van der Waals surface area contributed by atoms with Crippen LogP contribution in [0.25, 0.3) is 0 Å². The van der Waals surface area contributed by atoms with Gasteiger partial charge in [-0.2, -0.15) is 0 Å². The number of hydrogen-bond acceptors (Lipinski definition) is 4. The van der Waals surface area contributed by atoms with Gasteiger partial charge in [-0.05, 0) is 31.5 Å². The van der Waals surface area contributed by atoms with Gasteiger partial charge in [-0.25, -0.2) is 8.42 Å². The van der Waals surface area contributed by atoms with Crippen molar-refractivity contribution in [1.29, 1.82) is 0 Å². The van der Waals surface area contributed by atoms with Gasteiger partial charge in [0.25, 0.3) is 0 Å². The molecule has 0 radical (unpaired) electrons. The molecule has 1 rings (SSSR count). The van der Waals surface area contributed by atoms with E-state index in [9.17, 15) is 8.42 Å². The molecule has 1 aromatic carbocycles. The van der Waals surface area contributed by atoms with Gasteiger partial charge in [0.05, 0.1) is 12.4 Å². The molecular formula is C14H23NO3S. The van der Waals surface area contributed by atoms with E-state index < -0.39 is 9.84 Å². The molecule has 0 amide bonds. The van der Waals surface area contributed by atoms with E-state index in [-0.39, 0.29) is 11.8 Å². The van der Waals surface area contributed by atoms with Gasteiger partial charge < -0.3 is 10.1 Å². The molecule has 0 fully saturated rings. The second-order valence-corrected chi connectivity index (χ2v) is 6.88. The zero-order valence-electron chi connectivity index (χ0n) is 11.6. The molecule has 0 aliphatic rings. The van der Waals surface area contributed by atoms with E-state index in [1.807, 2.05) is 37.3 Å². The van der Waals surface area contributed by atoms with Crippen LogP contribution >= 0.6 is 0 Å². The van der Waals surface area contributed by atoms with E-state index in [0.717, 1.165) is 18.7 Å². The van der Waals surface area contributed by atoms with E-state index in [2.05, 4.69) is 5.32 Å². The van der Waals surface area contributed by atoms with Crippen molar-refractivity contribution in [2.45, 2.75) is 25.8 Å². The largest absolute Gasteiger partial charge is 0.494 e. The highest BCUT2D eigenvalue weighted by molar-refractivity contribution is 7.90. The summed E-state index contributed by atoms with van der Waals surface area (Å²) in [6.07, 6.45) is 2.71. The topological polar surface area (TPSA) is 55.4 Å². The number of ether oxygens (including phenoxy) is 1. The van der Waals surface area contributed by atoms with Crippen LogP contribution in [0.1, 0.15) is 19.8 Å². The van der Waals surface area contributed by atoms with E-state index >= 15 is 0 Å². The quantitative estimate of drug-likeness (QED) is 0.752. The molecule has 1 aromatic rings. The summed E-state index contributed by atoms with van der Waals surface area (Å²) in [5, 5.41) is 3.30. The van der Waals surface area contributed by atoms with Crippen LogP contribution in [0.2, 0.25) is 0 Å². The monoisotopic (exact) mass is 285 g/mol. The maximum Gasteiger partial charge on any atom is 0.147 e. The van der Waals surface area contributed by atoms with Crippen molar-refractivity contribution in [1.82, 2.24) is 5.32 Å². The van der Waals surface area contributed by atoms with Crippen molar-refractivity contribution >= 4 is 9.84 Å². The Kier molecular flexibility index (Phi) is 6.87. The lowest BCUT2D eigenvalue weighted by molar-refractivity contribution is 0.284. The number of rotatable bonds is 9. The molecule has 1 atom stereocenters. The Morgan fingerprint density at radius 1 is 1.21 bits per heavy atom. The summed E-state index contributed by atoms with van der Waals surface area (Å²) in [6, 6.07) is 9.82. The third-order valence-corrected chi connectivity index (χ3v) is 3.79. The molecule has 0 bridgehead atoms. The smallest absolute Gasteiger partial charge is 0.147 e. The predicted molar refractivity (Wildman–Crippen MR) is 78.3 cm³/mol. The van der Waals surface area contributed by atoms with Crippen LogP contribution in [0.4, 0.5) is 0 Å². The van der Waals surface area contributed by atoms with Crippen molar-refractivity contribution in [3.05, 3.63) is 30.3 Å². The SMILES string of the molecule is CCNC(CCOc1ccccc1)CCS(C)(=O)=O. The van der Waals surface area contributed by atoms with Gasteiger partial charge in [0, 0.05) is 12.3 Å². The Morgan fingerprint density at radius 3 is 2.47 bits per heavy atom. The molecule has 19 heavy (non-hydrogen) atoms. The minimum atomic E-state index is -2.90. The molecular weight excluding hydrogens is 262 g/mol. The number of sulfone groups is 1. The van der Waals surface area contributed by atoms with Gasteiger partial charge in [0.15, 0.2) is 0 Å². The summed E-state index contributed by atoms with van der Waals surface area (Å²) in [4.78, 5) is 0. The van der Waals surface area contributed by atoms with Crippen molar-refractivity contribution < 1.29 is 13.2 Å². The lowest BCUT2D eigenvalue weighted by Crippen LogP contribution is -2.32. The number of para-hydroxylation sites is 1. The summed E-state index contributed by atoms with van der Waals surface area (Å²) in [7, 11) is -2.90. The zero-order chi connectivity index (χ0) is 14.1. The standard InChI is InChI=1S/C14H23NO3S/c1-3-15-13(10-12-19(2,16)17)9-11-18-14-7-5-4-6-8-14/h4-8,13,15H,3,9-12H2,1-2H3. The molecule has 0 heterocycles. The second kappa shape index (κ2) is 8.17. The number of hydrogen-bond donors (Lipinski definition) is 1. The molecule has 0 saturated carbocycles. The minimum Gasteiger partial charge on any atom is -0.494 e. The highest BCUT2D eigenvalue weighted by Crippen LogP contribution is 2.10. The van der Waals surface area contributed by atoms with Gasteiger partial charge in [-0.3, -0.25) is 0 Å². The Hall–Kier alpha value is -1.07. The summed E-state index contributed by atoms with van der Waals surface area (Å²) >= 11 is 0. The number of benzene rings is 1. The average Bonchev–Trinajstić information content (AvgIpc) is 2.36. The minimum absolute atomic E-state index is 0.184. The van der Waals surface area contributed by atoms with Crippen LogP contribution < -0.4 is 10.1 Å². The Morgan fingerprint density at radius 2 is 1.89 bits per heavy atom. The molecule has 0 aliphatic heterocycles. The van der Waals surface area contributed by atoms with Crippen LogP contribution in [0.5, 0.6) is 5.75 Å². The second-order valence-electron chi connectivity index (χ2n) is 4.62. The molecule has 0 aliphatic carbocycles. The maximum absolute atomic E-state index is 11.2. The highest BCUT2D eigenvalue weighted by atomic mass is 32.2. The van der Waals surface area contributed by atoms with Crippen molar-refractivity contribution in [3.8, 4) is 5.75 Å². The van der Waals surface area contributed by atoms with E-state index in [0.29, 0.717) is 13.0 Å². The van der Waals surface area contributed by atoms with E-state index in [4.69, 9.17) is 4.74 Å². The third-order valence-electron chi connectivity index (χ3n) is 2.81. The van der Waals surface area contributed by atoms with Crippen LogP contribution in [-0.2, 0) is 9.84 Å². The molecule has 5 heteroatoms. The summed E-state index contributed by atoms with van der Waals surface area (Å²) < 4.78 is 28.0. The predicted octanol–water partition coefficient (Wildman–Crippen LogP) is 1.87. The molecule has 0 saturated heterocycles. The van der Waals surface area contributed by atoms with Crippen LogP contribution in [0.15, 0.2) is 30.3 Å². The van der Waals surface area contributed by atoms with E-state index in [1.165, 1.54) is 6.26 Å². The third kappa shape index (κ3) is 7.85. The Labute approximate surface area is 116 Å². The number of nitrogens with one attached hydrogen (secondary N) is 1. The Balaban J connectivity index is 2.33. The van der Waals surface area contributed by atoms with Gasteiger partial charge in [-0.15, -0.1) is 0 Å². The summed E-state index contributed by atoms with van der Waals surface area (Å²) in [5.41, 5.74) is 0. The first-order chi connectivity index (χ1) is 9.01. The molecule has 1 N–H and O–H groups in total.